The van der Waals surface area contributed by atoms with E-state index in [4.69, 9.17) is 10.8 Å². The van der Waals surface area contributed by atoms with E-state index >= 15 is 0 Å². The molecule has 1 unspecified atom stereocenters. The monoisotopic (exact) mass is 257 g/mol. The number of nitrogens with zero attached hydrogens (tertiary/aromatic N) is 1. The van der Waals surface area contributed by atoms with Crippen LogP contribution in [0.5, 0.6) is 0 Å². The Morgan fingerprint density at radius 2 is 2.24 bits per heavy atom. The fourth-order valence-electron chi connectivity index (χ4n) is 1.28. The maximum absolute atomic E-state index is 11.6. The van der Waals surface area contributed by atoms with Crippen molar-refractivity contribution < 1.29 is 14.7 Å². The lowest BCUT2D eigenvalue weighted by molar-refractivity contribution is -0.116. The number of carboxylic acid groups (broad SMARTS) is 1. The third-order valence-electron chi connectivity index (χ3n) is 2.27. The Labute approximate surface area is 103 Å². The molecule has 17 heavy (non-hydrogen) atoms. The first-order valence-corrected chi connectivity index (χ1v) is 5.92. The summed E-state index contributed by atoms with van der Waals surface area (Å²) in [5.41, 5.74) is 5.88. The Morgan fingerprint density at radius 1 is 1.59 bits per heavy atom. The van der Waals surface area contributed by atoms with Gasteiger partial charge >= 0.3 is 5.97 Å². The Bertz CT molecular complexity index is 430. The average molecular weight is 257 g/mol. The Kier molecular flexibility index (Phi) is 4.59. The number of nitrogens with two attached hydrogens (primary N) is 1. The van der Waals surface area contributed by atoms with Gasteiger partial charge in [-0.15, -0.1) is 0 Å². The highest BCUT2D eigenvalue weighted by Crippen LogP contribution is 2.24. The second kappa shape index (κ2) is 5.74. The molecular weight excluding hydrogens is 242 g/mol. The van der Waals surface area contributed by atoms with E-state index in [-0.39, 0.29) is 28.8 Å². The summed E-state index contributed by atoms with van der Waals surface area (Å²) >= 11 is 0.973. The fraction of sp³-hybridized carbons (Fsp3) is 0.500. The molecule has 0 radical (unpaired) electrons. The van der Waals surface area contributed by atoms with Gasteiger partial charge in [-0.1, -0.05) is 6.92 Å². The fourth-order valence-corrected chi connectivity index (χ4v) is 2.09. The minimum absolute atomic E-state index is 0.0590. The molecule has 0 saturated heterocycles. The standard InChI is InChI=1S/C10H15N3O3S/c1-5(4-11)3-7(14)12-9-8(10(15)16)6(2)13-17-9/h5H,3-4,11H2,1-2H3,(H,12,14)(H,15,16). The summed E-state index contributed by atoms with van der Waals surface area (Å²) in [5, 5.41) is 11.8. The summed E-state index contributed by atoms with van der Waals surface area (Å²) in [6.07, 6.45) is 0.270. The minimum atomic E-state index is -1.08. The van der Waals surface area contributed by atoms with E-state index in [2.05, 4.69) is 9.69 Å². The molecule has 0 fully saturated rings. The van der Waals surface area contributed by atoms with Crippen molar-refractivity contribution in [1.82, 2.24) is 4.37 Å². The summed E-state index contributed by atoms with van der Waals surface area (Å²) in [6.45, 7) is 3.87. The largest absolute Gasteiger partial charge is 0.478 e. The molecule has 1 rings (SSSR count). The van der Waals surface area contributed by atoms with Gasteiger partial charge in [-0.25, -0.2) is 4.79 Å². The van der Waals surface area contributed by atoms with Crippen LogP contribution in [-0.2, 0) is 4.79 Å². The van der Waals surface area contributed by atoms with Crippen LogP contribution in [0.15, 0.2) is 0 Å². The van der Waals surface area contributed by atoms with Crippen molar-refractivity contribution in [2.75, 3.05) is 11.9 Å². The first-order valence-electron chi connectivity index (χ1n) is 5.15. The molecule has 1 amide bonds. The van der Waals surface area contributed by atoms with Crippen LogP contribution in [0.3, 0.4) is 0 Å². The molecule has 1 aromatic rings. The molecule has 4 N–H and O–H groups in total. The van der Waals surface area contributed by atoms with E-state index in [9.17, 15) is 9.59 Å². The van der Waals surface area contributed by atoms with Crippen LogP contribution >= 0.6 is 11.5 Å². The lowest BCUT2D eigenvalue weighted by atomic mass is 10.1. The Morgan fingerprint density at radius 3 is 2.76 bits per heavy atom. The maximum atomic E-state index is 11.6. The van der Waals surface area contributed by atoms with Crippen LogP contribution in [0, 0.1) is 12.8 Å². The van der Waals surface area contributed by atoms with Crippen molar-refractivity contribution in [1.29, 1.82) is 0 Å². The second-order valence-electron chi connectivity index (χ2n) is 3.87. The number of aromatic carboxylic acids is 1. The van der Waals surface area contributed by atoms with Gasteiger partial charge in [0.2, 0.25) is 5.91 Å². The number of aromatic nitrogens is 1. The molecule has 1 heterocycles. The molecule has 7 heteroatoms. The minimum Gasteiger partial charge on any atom is -0.478 e. The number of anilines is 1. The molecular formula is C10H15N3O3S. The molecule has 94 valence electrons. The van der Waals surface area contributed by atoms with Crippen molar-refractivity contribution in [3.05, 3.63) is 11.3 Å². The molecule has 6 nitrogen and oxygen atoms in total. The smallest absolute Gasteiger partial charge is 0.340 e. The van der Waals surface area contributed by atoms with Crippen LogP contribution in [-0.4, -0.2) is 27.9 Å². The molecule has 0 spiro atoms. The van der Waals surface area contributed by atoms with Crippen LogP contribution in [0.4, 0.5) is 5.00 Å². The SMILES string of the molecule is Cc1nsc(NC(=O)CC(C)CN)c1C(=O)O. The number of aryl methyl sites for hydroxylation is 1. The molecule has 1 aromatic heterocycles. The van der Waals surface area contributed by atoms with Crippen molar-refractivity contribution >= 4 is 28.4 Å². The van der Waals surface area contributed by atoms with E-state index in [1.807, 2.05) is 6.92 Å². The van der Waals surface area contributed by atoms with E-state index in [0.717, 1.165) is 11.5 Å². The van der Waals surface area contributed by atoms with Gasteiger partial charge in [0.1, 0.15) is 10.6 Å². The van der Waals surface area contributed by atoms with Gasteiger partial charge in [-0.05, 0) is 30.9 Å². The van der Waals surface area contributed by atoms with E-state index in [1.54, 1.807) is 6.92 Å². The lowest BCUT2D eigenvalue weighted by Gasteiger charge is -2.08. The third-order valence-corrected chi connectivity index (χ3v) is 3.12. The molecule has 1 atom stereocenters. The van der Waals surface area contributed by atoms with Gasteiger partial charge < -0.3 is 16.2 Å². The van der Waals surface area contributed by atoms with Gasteiger partial charge in [-0.3, -0.25) is 4.79 Å². The van der Waals surface area contributed by atoms with E-state index in [1.165, 1.54) is 0 Å². The maximum Gasteiger partial charge on any atom is 0.340 e. The van der Waals surface area contributed by atoms with Crippen LogP contribution in [0.2, 0.25) is 0 Å². The summed E-state index contributed by atoms with van der Waals surface area (Å²) in [7, 11) is 0. The van der Waals surface area contributed by atoms with Gasteiger partial charge in [0.25, 0.3) is 0 Å². The predicted molar refractivity (Wildman–Crippen MR) is 65.3 cm³/mol. The number of carbonyl (C=O) groups excluding carboxylic acids is 1. The van der Waals surface area contributed by atoms with Crippen LogP contribution < -0.4 is 11.1 Å². The Hall–Kier alpha value is -1.47. The van der Waals surface area contributed by atoms with Crippen molar-refractivity contribution in [3.63, 3.8) is 0 Å². The molecule has 0 saturated carbocycles. The number of nitrogens with one attached hydrogen (secondary N) is 1. The highest BCUT2D eigenvalue weighted by molar-refractivity contribution is 7.11. The molecule has 0 bridgehead atoms. The van der Waals surface area contributed by atoms with Gasteiger partial charge in [-0.2, -0.15) is 4.37 Å². The van der Waals surface area contributed by atoms with Gasteiger partial charge in [0.15, 0.2) is 0 Å². The van der Waals surface area contributed by atoms with Crippen molar-refractivity contribution in [3.8, 4) is 0 Å². The van der Waals surface area contributed by atoms with Crippen molar-refractivity contribution in [2.24, 2.45) is 11.7 Å². The number of hydrogen-bond donors (Lipinski definition) is 3. The number of amides is 1. The zero-order valence-electron chi connectivity index (χ0n) is 9.69. The zero-order chi connectivity index (χ0) is 13.0. The molecule has 0 aliphatic heterocycles. The topological polar surface area (TPSA) is 105 Å². The molecule has 0 aliphatic carbocycles. The average Bonchev–Trinajstić information content (AvgIpc) is 2.59. The summed E-state index contributed by atoms with van der Waals surface area (Å²) < 4.78 is 3.91. The Balaban J connectivity index is 2.75. The molecule has 0 aliphatic rings. The normalized spacial score (nSPS) is 12.2. The van der Waals surface area contributed by atoms with Crippen LogP contribution in [0.1, 0.15) is 29.4 Å². The first kappa shape index (κ1) is 13.6. The van der Waals surface area contributed by atoms with E-state index in [0.29, 0.717) is 12.2 Å². The van der Waals surface area contributed by atoms with E-state index < -0.39 is 5.97 Å². The highest BCUT2D eigenvalue weighted by Gasteiger charge is 2.19. The van der Waals surface area contributed by atoms with Crippen molar-refractivity contribution in [2.45, 2.75) is 20.3 Å². The van der Waals surface area contributed by atoms with Crippen LogP contribution in [0.25, 0.3) is 0 Å². The summed E-state index contributed by atoms with van der Waals surface area (Å²) in [5.74, 6) is -1.26. The summed E-state index contributed by atoms with van der Waals surface area (Å²) in [6, 6.07) is 0. The van der Waals surface area contributed by atoms with Gasteiger partial charge in [0, 0.05) is 6.42 Å². The lowest BCUT2D eigenvalue weighted by Crippen LogP contribution is -2.20. The number of rotatable bonds is 5. The number of hydrogen-bond acceptors (Lipinski definition) is 5. The first-order chi connectivity index (χ1) is 7.95. The third kappa shape index (κ3) is 3.50. The quantitative estimate of drug-likeness (QED) is 0.731. The highest BCUT2D eigenvalue weighted by atomic mass is 32.1. The second-order valence-corrected chi connectivity index (χ2v) is 4.64. The number of carbonyl (C=O) groups is 2. The zero-order valence-corrected chi connectivity index (χ0v) is 10.5. The number of carboxylic acids is 1. The molecule has 0 aromatic carbocycles. The summed E-state index contributed by atoms with van der Waals surface area (Å²) in [4.78, 5) is 22.5. The van der Waals surface area contributed by atoms with Gasteiger partial charge in [0.05, 0.1) is 5.69 Å². The predicted octanol–water partition coefficient (Wildman–Crippen LogP) is 1.07.